The largest absolute Gasteiger partial charge is 0.508 e. The first-order valence-electron chi connectivity index (χ1n) is 16.5. The van der Waals surface area contributed by atoms with E-state index in [2.05, 4.69) is 155 Å². The van der Waals surface area contributed by atoms with Crippen LogP contribution < -0.4 is 0 Å². The monoisotopic (exact) mass is 616 g/mol. The molecule has 0 aliphatic carbocycles. The highest BCUT2D eigenvalue weighted by Gasteiger charge is 2.30. The maximum Gasteiger partial charge on any atom is 0.127 e. The van der Waals surface area contributed by atoms with Crippen LogP contribution in [0.25, 0.3) is 11.1 Å². The van der Waals surface area contributed by atoms with Crippen LogP contribution >= 0.6 is 0 Å². The Morgan fingerprint density at radius 2 is 0.622 bits per heavy atom. The van der Waals surface area contributed by atoms with Crippen molar-refractivity contribution in [3.8, 4) is 28.4 Å². The van der Waals surface area contributed by atoms with E-state index in [1.165, 1.54) is 5.56 Å². The standard InChI is InChI=1S/C28H42O2.C14H22O/c1-25(2,3)17-13-19(23(29)21(15-17)27(7,8)9)20-14-18(26(4,5)6)16-22(24(20)30)28(10,11)12;1-13(2,3)10-7-8-12(15)11(9-10)14(4,5)6/h13-16,29-30H,1-12H3;7-9,15H,1-6H3. The predicted octanol–water partition coefficient (Wildman–Crippen LogP) is 11.9. The van der Waals surface area contributed by atoms with Crippen LogP contribution in [0.1, 0.15) is 158 Å². The molecule has 0 heterocycles. The fourth-order valence-electron chi connectivity index (χ4n) is 5.29. The van der Waals surface area contributed by atoms with Gasteiger partial charge in [0.15, 0.2) is 0 Å². The van der Waals surface area contributed by atoms with Gasteiger partial charge >= 0.3 is 0 Å². The Balaban J connectivity index is 0.000000394. The minimum atomic E-state index is -0.218. The van der Waals surface area contributed by atoms with Gasteiger partial charge in [-0.2, -0.15) is 0 Å². The summed E-state index contributed by atoms with van der Waals surface area (Å²) in [5.41, 5.74) is 7.36. The SMILES string of the molecule is CC(C)(C)c1cc(-c2cc(C(C)(C)C)cc(C(C)(C)C)c2O)c(O)c(C(C)(C)C)c1.CC(C)(C)c1ccc(O)c(C(C)(C)C)c1. The van der Waals surface area contributed by atoms with Crippen molar-refractivity contribution in [2.75, 3.05) is 0 Å². The molecule has 0 unspecified atom stereocenters. The van der Waals surface area contributed by atoms with E-state index in [9.17, 15) is 15.3 Å². The van der Waals surface area contributed by atoms with Crippen LogP contribution in [0.3, 0.4) is 0 Å². The second-order valence-electron chi connectivity index (χ2n) is 19.1. The summed E-state index contributed by atoms with van der Waals surface area (Å²) >= 11 is 0. The van der Waals surface area contributed by atoms with Crippen molar-refractivity contribution in [1.82, 2.24) is 0 Å². The molecule has 3 heteroatoms. The molecular weight excluding hydrogens is 552 g/mol. The van der Waals surface area contributed by atoms with E-state index in [0.717, 1.165) is 27.8 Å². The zero-order valence-corrected chi connectivity index (χ0v) is 31.9. The van der Waals surface area contributed by atoms with Crippen LogP contribution in [-0.4, -0.2) is 15.3 Å². The summed E-state index contributed by atoms with van der Waals surface area (Å²) in [6.45, 7) is 38.7. The molecule has 0 fully saturated rings. The van der Waals surface area contributed by atoms with Gasteiger partial charge in [0.25, 0.3) is 0 Å². The topological polar surface area (TPSA) is 60.7 Å². The summed E-state index contributed by atoms with van der Waals surface area (Å²) in [5.74, 6) is 0.920. The Labute approximate surface area is 276 Å². The van der Waals surface area contributed by atoms with Crippen LogP contribution in [0, 0.1) is 0 Å². The van der Waals surface area contributed by atoms with Crippen molar-refractivity contribution in [2.45, 2.75) is 157 Å². The van der Waals surface area contributed by atoms with E-state index in [4.69, 9.17) is 0 Å². The first-order valence-corrected chi connectivity index (χ1v) is 16.5. The molecule has 0 amide bonds. The first kappa shape index (κ1) is 38.2. The molecule has 0 aromatic heterocycles. The number of phenolic OH excluding ortho intramolecular Hbond substituents is 3. The van der Waals surface area contributed by atoms with Gasteiger partial charge in [0.05, 0.1) is 0 Å². The maximum atomic E-state index is 11.4. The van der Waals surface area contributed by atoms with Gasteiger partial charge < -0.3 is 15.3 Å². The molecule has 3 aromatic rings. The highest BCUT2D eigenvalue weighted by Crippen LogP contribution is 2.48. The summed E-state index contributed by atoms with van der Waals surface area (Å²) in [4.78, 5) is 0. The van der Waals surface area contributed by atoms with Crippen LogP contribution in [0.5, 0.6) is 17.2 Å². The molecule has 0 aliphatic heterocycles. The lowest BCUT2D eigenvalue weighted by molar-refractivity contribution is 0.438. The lowest BCUT2D eigenvalue weighted by Gasteiger charge is -2.30. The Hall–Kier alpha value is -2.94. The van der Waals surface area contributed by atoms with Crippen LogP contribution in [0.2, 0.25) is 0 Å². The minimum Gasteiger partial charge on any atom is -0.508 e. The zero-order valence-electron chi connectivity index (χ0n) is 31.9. The Bertz CT molecular complexity index is 1420. The fourth-order valence-corrected chi connectivity index (χ4v) is 5.29. The second-order valence-corrected chi connectivity index (χ2v) is 19.1. The van der Waals surface area contributed by atoms with Crippen molar-refractivity contribution in [3.05, 3.63) is 75.8 Å². The fraction of sp³-hybridized carbons (Fsp3) is 0.571. The lowest BCUT2D eigenvalue weighted by Crippen LogP contribution is -2.18. The van der Waals surface area contributed by atoms with E-state index < -0.39 is 0 Å². The number of aromatic hydroxyl groups is 3. The summed E-state index contributed by atoms with van der Waals surface area (Å²) in [6.07, 6.45) is 0. The molecule has 0 aliphatic rings. The van der Waals surface area contributed by atoms with E-state index in [1.807, 2.05) is 6.07 Å². The molecule has 250 valence electrons. The number of benzene rings is 3. The Morgan fingerprint density at radius 3 is 0.889 bits per heavy atom. The highest BCUT2D eigenvalue weighted by atomic mass is 16.3. The summed E-state index contributed by atoms with van der Waals surface area (Å²) in [5, 5.41) is 32.6. The third-order valence-corrected chi connectivity index (χ3v) is 8.53. The Morgan fingerprint density at radius 1 is 0.333 bits per heavy atom. The molecule has 3 rings (SSSR count). The molecule has 45 heavy (non-hydrogen) atoms. The molecular formula is C42H64O3. The third-order valence-electron chi connectivity index (χ3n) is 8.53. The smallest absolute Gasteiger partial charge is 0.127 e. The van der Waals surface area contributed by atoms with E-state index >= 15 is 0 Å². The van der Waals surface area contributed by atoms with Gasteiger partial charge in [-0.25, -0.2) is 0 Å². The number of phenols is 3. The van der Waals surface area contributed by atoms with Crippen molar-refractivity contribution >= 4 is 0 Å². The summed E-state index contributed by atoms with van der Waals surface area (Å²) < 4.78 is 0. The highest BCUT2D eigenvalue weighted by molar-refractivity contribution is 5.80. The maximum absolute atomic E-state index is 11.4. The third kappa shape index (κ3) is 9.30. The summed E-state index contributed by atoms with van der Waals surface area (Å²) in [7, 11) is 0. The van der Waals surface area contributed by atoms with Gasteiger partial charge in [-0.1, -0.05) is 149 Å². The second kappa shape index (κ2) is 12.3. The van der Waals surface area contributed by atoms with Gasteiger partial charge in [0, 0.05) is 22.3 Å². The minimum absolute atomic E-state index is 0.00859. The van der Waals surface area contributed by atoms with Gasteiger partial charge in [0.2, 0.25) is 0 Å². The van der Waals surface area contributed by atoms with Gasteiger partial charge in [0.1, 0.15) is 17.2 Å². The molecule has 0 atom stereocenters. The molecule has 0 bridgehead atoms. The predicted molar refractivity (Wildman–Crippen MR) is 196 cm³/mol. The molecule has 3 aromatic carbocycles. The average molecular weight is 617 g/mol. The van der Waals surface area contributed by atoms with Crippen LogP contribution in [0.15, 0.2) is 42.5 Å². The molecule has 3 nitrogen and oxygen atoms in total. The van der Waals surface area contributed by atoms with Crippen molar-refractivity contribution in [2.24, 2.45) is 0 Å². The van der Waals surface area contributed by atoms with Crippen molar-refractivity contribution in [1.29, 1.82) is 0 Å². The molecule has 0 saturated heterocycles. The van der Waals surface area contributed by atoms with Gasteiger partial charge in [-0.3, -0.25) is 0 Å². The average Bonchev–Trinajstić information content (AvgIpc) is 2.80. The molecule has 0 radical (unpaired) electrons. The normalized spacial score (nSPS) is 13.4. The quantitative estimate of drug-likeness (QED) is 0.255. The Kier molecular flexibility index (Phi) is 10.5. The van der Waals surface area contributed by atoms with Crippen LogP contribution in [0.4, 0.5) is 0 Å². The first-order chi connectivity index (χ1) is 19.9. The zero-order chi connectivity index (χ0) is 35.3. The van der Waals surface area contributed by atoms with Gasteiger partial charge in [-0.15, -0.1) is 0 Å². The molecule has 0 spiro atoms. The van der Waals surface area contributed by atoms with Crippen molar-refractivity contribution < 1.29 is 15.3 Å². The van der Waals surface area contributed by atoms with Gasteiger partial charge in [-0.05, 0) is 72.9 Å². The van der Waals surface area contributed by atoms with E-state index in [0.29, 0.717) is 16.9 Å². The number of hydrogen-bond donors (Lipinski definition) is 3. The molecule has 3 N–H and O–H groups in total. The number of rotatable bonds is 1. The van der Waals surface area contributed by atoms with E-state index in [-0.39, 0.29) is 44.0 Å². The number of hydrogen-bond acceptors (Lipinski definition) is 3. The van der Waals surface area contributed by atoms with Crippen LogP contribution in [-0.2, 0) is 32.5 Å². The lowest BCUT2D eigenvalue weighted by atomic mass is 9.75. The summed E-state index contributed by atoms with van der Waals surface area (Å²) in [6, 6.07) is 14.3. The molecule has 0 saturated carbocycles. The van der Waals surface area contributed by atoms with Crippen molar-refractivity contribution in [3.63, 3.8) is 0 Å². The van der Waals surface area contributed by atoms with E-state index in [1.54, 1.807) is 6.07 Å².